The molecule has 0 aliphatic carbocycles. The number of aromatic nitrogens is 1. The van der Waals surface area contributed by atoms with Crippen molar-refractivity contribution in [3.8, 4) is 0 Å². The number of hydrogen-bond donors (Lipinski definition) is 1. The summed E-state index contributed by atoms with van der Waals surface area (Å²) >= 11 is 1.32. The van der Waals surface area contributed by atoms with Crippen molar-refractivity contribution in [2.45, 2.75) is 11.9 Å². The first-order valence-corrected chi connectivity index (χ1v) is 5.21. The number of anilines is 1. The van der Waals surface area contributed by atoms with Gasteiger partial charge in [0.2, 0.25) is 0 Å². The van der Waals surface area contributed by atoms with E-state index in [9.17, 15) is 4.79 Å². The van der Waals surface area contributed by atoms with Gasteiger partial charge in [0.15, 0.2) is 0 Å². The number of ether oxygens (including phenoxy) is 1. The van der Waals surface area contributed by atoms with Crippen LogP contribution in [-0.2, 0) is 9.53 Å². The Balaban J connectivity index is 2.41. The van der Waals surface area contributed by atoms with E-state index >= 15 is 0 Å². The number of nitrogen functional groups attached to an aromatic ring is 1. The molecule has 0 spiro atoms. The number of pyridine rings is 1. The highest BCUT2D eigenvalue weighted by molar-refractivity contribution is 7.99. The van der Waals surface area contributed by atoms with Crippen LogP contribution in [0.25, 0.3) is 0 Å². The van der Waals surface area contributed by atoms with E-state index in [1.165, 1.54) is 11.8 Å². The minimum absolute atomic E-state index is 0.235. The predicted octanol–water partition coefficient (Wildman–Crippen LogP) is 1.32. The fourth-order valence-electron chi connectivity index (χ4n) is 0.839. The van der Waals surface area contributed by atoms with Gasteiger partial charge in [-0.15, -0.1) is 0 Å². The molecule has 0 atom stereocenters. The highest BCUT2D eigenvalue weighted by Gasteiger charge is 2.03. The molecule has 4 nitrogen and oxygen atoms in total. The number of nitrogens with zero attached hydrogens (tertiary/aromatic N) is 1. The molecule has 0 unspecified atom stereocenters. The lowest BCUT2D eigenvalue weighted by atomic mass is 10.4. The van der Waals surface area contributed by atoms with E-state index in [0.29, 0.717) is 12.3 Å². The molecule has 1 aromatic heterocycles. The molecule has 1 rings (SSSR count). The second kappa shape index (κ2) is 5.49. The maximum Gasteiger partial charge on any atom is 0.316 e. The van der Waals surface area contributed by atoms with E-state index < -0.39 is 0 Å². The van der Waals surface area contributed by atoms with Gasteiger partial charge in [0, 0.05) is 11.9 Å². The Morgan fingerprint density at radius 3 is 3.14 bits per heavy atom. The van der Waals surface area contributed by atoms with E-state index in [2.05, 4.69) is 4.98 Å². The molecular formula is C9H12N2O2S. The average Bonchev–Trinajstić information content (AvgIpc) is 2.15. The van der Waals surface area contributed by atoms with Gasteiger partial charge in [-0.1, -0.05) is 11.8 Å². The summed E-state index contributed by atoms with van der Waals surface area (Å²) in [4.78, 5) is 15.0. The topological polar surface area (TPSA) is 65.2 Å². The SMILES string of the molecule is CCOC(=O)CSc1cc(N)ccn1. The number of carbonyl (C=O) groups excluding carboxylic acids is 1. The van der Waals surface area contributed by atoms with Crippen LogP contribution in [-0.4, -0.2) is 23.3 Å². The average molecular weight is 212 g/mol. The van der Waals surface area contributed by atoms with Gasteiger partial charge in [-0.25, -0.2) is 4.98 Å². The van der Waals surface area contributed by atoms with Crippen LogP contribution in [0.3, 0.4) is 0 Å². The summed E-state index contributed by atoms with van der Waals surface area (Å²) in [5.41, 5.74) is 6.20. The van der Waals surface area contributed by atoms with Gasteiger partial charge in [0.05, 0.1) is 17.4 Å². The Morgan fingerprint density at radius 1 is 1.71 bits per heavy atom. The third kappa shape index (κ3) is 3.66. The molecule has 2 N–H and O–H groups in total. The zero-order valence-corrected chi connectivity index (χ0v) is 8.71. The van der Waals surface area contributed by atoms with Crippen molar-refractivity contribution in [2.24, 2.45) is 0 Å². The number of hydrogen-bond acceptors (Lipinski definition) is 5. The smallest absolute Gasteiger partial charge is 0.316 e. The molecule has 0 amide bonds. The van der Waals surface area contributed by atoms with Crippen LogP contribution in [0.2, 0.25) is 0 Å². The zero-order chi connectivity index (χ0) is 10.4. The van der Waals surface area contributed by atoms with Crippen molar-refractivity contribution >= 4 is 23.4 Å². The summed E-state index contributed by atoms with van der Waals surface area (Å²) in [6.07, 6.45) is 1.61. The van der Waals surface area contributed by atoms with E-state index in [1.807, 2.05) is 0 Å². The second-order valence-electron chi connectivity index (χ2n) is 2.52. The fourth-order valence-corrected chi connectivity index (χ4v) is 1.54. The van der Waals surface area contributed by atoms with Gasteiger partial charge in [-0.05, 0) is 19.1 Å². The summed E-state index contributed by atoms with van der Waals surface area (Å²) in [6.45, 7) is 2.19. The van der Waals surface area contributed by atoms with E-state index in [1.54, 1.807) is 25.3 Å². The summed E-state index contributed by atoms with van der Waals surface area (Å²) in [5.74, 6) is 0.0336. The summed E-state index contributed by atoms with van der Waals surface area (Å²) < 4.78 is 4.78. The van der Waals surface area contributed by atoms with Gasteiger partial charge in [-0.2, -0.15) is 0 Å². The largest absolute Gasteiger partial charge is 0.465 e. The highest BCUT2D eigenvalue weighted by atomic mass is 32.2. The van der Waals surface area contributed by atoms with Crippen LogP contribution in [0.5, 0.6) is 0 Å². The summed E-state index contributed by atoms with van der Waals surface area (Å²) in [6, 6.07) is 3.43. The highest BCUT2D eigenvalue weighted by Crippen LogP contribution is 2.16. The van der Waals surface area contributed by atoms with E-state index in [0.717, 1.165) is 5.03 Å². The van der Waals surface area contributed by atoms with Crippen LogP contribution < -0.4 is 5.73 Å². The first kappa shape index (κ1) is 10.8. The van der Waals surface area contributed by atoms with Gasteiger partial charge in [-0.3, -0.25) is 4.79 Å². The Morgan fingerprint density at radius 2 is 2.50 bits per heavy atom. The maximum atomic E-state index is 11.0. The molecule has 76 valence electrons. The third-order valence-electron chi connectivity index (χ3n) is 1.40. The molecule has 1 aromatic rings. The number of rotatable bonds is 4. The number of carbonyl (C=O) groups is 1. The normalized spacial score (nSPS) is 9.79. The van der Waals surface area contributed by atoms with Crippen LogP contribution in [0.1, 0.15) is 6.92 Å². The molecular weight excluding hydrogens is 200 g/mol. The van der Waals surface area contributed by atoms with Crippen molar-refractivity contribution < 1.29 is 9.53 Å². The van der Waals surface area contributed by atoms with Crippen LogP contribution in [0, 0.1) is 0 Å². The monoisotopic (exact) mass is 212 g/mol. The number of nitrogens with two attached hydrogens (primary N) is 1. The Kier molecular flexibility index (Phi) is 4.25. The summed E-state index contributed by atoms with van der Waals surface area (Å²) in [5, 5.41) is 0.734. The Labute approximate surface area is 86.8 Å². The Hall–Kier alpha value is -1.23. The van der Waals surface area contributed by atoms with Crippen LogP contribution in [0.15, 0.2) is 23.4 Å². The van der Waals surface area contributed by atoms with Gasteiger partial charge in [0.1, 0.15) is 0 Å². The predicted molar refractivity (Wildman–Crippen MR) is 56.0 cm³/mol. The summed E-state index contributed by atoms with van der Waals surface area (Å²) in [7, 11) is 0. The third-order valence-corrected chi connectivity index (χ3v) is 2.30. The van der Waals surface area contributed by atoms with Crippen LogP contribution >= 0.6 is 11.8 Å². The van der Waals surface area contributed by atoms with Gasteiger partial charge in [0.25, 0.3) is 0 Å². The molecule has 0 aromatic carbocycles. The molecule has 0 fully saturated rings. The lowest BCUT2D eigenvalue weighted by molar-refractivity contribution is -0.139. The fraction of sp³-hybridized carbons (Fsp3) is 0.333. The first-order valence-electron chi connectivity index (χ1n) is 4.22. The van der Waals surface area contributed by atoms with E-state index in [-0.39, 0.29) is 11.7 Å². The molecule has 0 aliphatic rings. The van der Waals surface area contributed by atoms with Crippen molar-refractivity contribution in [1.82, 2.24) is 4.98 Å². The van der Waals surface area contributed by atoms with Crippen molar-refractivity contribution in [3.63, 3.8) is 0 Å². The second-order valence-corrected chi connectivity index (χ2v) is 3.52. The number of thioether (sulfide) groups is 1. The van der Waals surface area contributed by atoms with Gasteiger partial charge < -0.3 is 10.5 Å². The molecule has 0 aliphatic heterocycles. The quantitative estimate of drug-likeness (QED) is 0.602. The first-order chi connectivity index (χ1) is 6.72. The van der Waals surface area contributed by atoms with Crippen molar-refractivity contribution in [1.29, 1.82) is 0 Å². The molecule has 0 radical (unpaired) electrons. The molecule has 0 saturated heterocycles. The molecule has 5 heteroatoms. The minimum Gasteiger partial charge on any atom is -0.465 e. The number of esters is 1. The van der Waals surface area contributed by atoms with E-state index in [4.69, 9.17) is 10.5 Å². The lowest BCUT2D eigenvalue weighted by Gasteiger charge is -2.01. The molecule has 1 heterocycles. The maximum absolute atomic E-state index is 11.0. The molecule has 0 saturated carbocycles. The van der Waals surface area contributed by atoms with Gasteiger partial charge >= 0.3 is 5.97 Å². The Bertz CT molecular complexity index is 317. The molecule has 14 heavy (non-hydrogen) atoms. The zero-order valence-electron chi connectivity index (χ0n) is 7.90. The molecule has 0 bridgehead atoms. The minimum atomic E-state index is -0.235. The van der Waals surface area contributed by atoms with Crippen LogP contribution in [0.4, 0.5) is 5.69 Å². The van der Waals surface area contributed by atoms with Crippen molar-refractivity contribution in [2.75, 3.05) is 18.1 Å². The lowest BCUT2D eigenvalue weighted by Crippen LogP contribution is -2.06. The van der Waals surface area contributed by atoms with Crippen molar-refractivity contribution in [3.05, 3.63) is 18.3 Å². The standard InChI is InChI=1S/C9H12N2O2S/c1-2-13-9(12)6-14-8-5-7(10)3-4-11-8/h3-5H,2,6H2,1H3,(H2,10,11).